The van der Waals surface area contributed by atoms with Crippen molar-refractivity contribution in [3.05, 3.63) is 41.0 Å². The molecule has 21 heavy (non-hydrogen) atoms. The Balaban J connectivity index is 2.09. The van der Waals surface area contributed by atoms with Crippen LogP contribution in [-0.4, -0.2) is 21.3 Å². The standard InChI is InChI=1S/C14H15.3CH3O.Ti/c1-10-11-6-2-4-8-13(11)14-9-5-3-7-12(10)14;3*1-2;/h2,4,6-8,10H,3,5,9H2,1H3;3*1H3;/q;3*-1;+3. The van der Waals surface area contributed by atoms with Gasteiger partial charge < -0.3 is 0 Å². The molecule has 2 aliphatic carbocycles. The molecule has 114 valence electrons. The van der Waals surface area contributed by atoms with Gasteiger partial charge in [0.25, 0.3) is 0 Å². The summed E-state index contributed by atoms with van der Waals surface area (Å²) in [6.45, 7) is 2.31. The fourth-order valence-electron chi connectivity index (χ4n) is 4.21. The Kier molecular flexibility index (Phi) is 4.40. The van der Waals surface area contributed by atoms with Crippen molar-refractivity contribution in [3.8, 4) is 0 Å². The van der Waals surface area contributed by atoms with Crippen LogP contribution >= 0.6 is 0 Å². The van der Waals surface area contributed by atoms with Crippen molar-refractivity contribution in [2.75, 3.05) is 21.3 Å². The Morgan fingerprint density at radius 3 is 2.38 bits per heavy atom. The molecule has 0 bridgehead atoms. The normalized spacial score (nSPS) is 25.0. The van der Waals surface area contributed by atoms with E-state index in [9.17, 15) is 0 Å². The molecule has 0 aliphatic heterocycles. The second-order valence-electron chi connectivity index (χ2n) is 5.90. The molecule has 0 saturated heterocycles. The fraction of sp³-hybridized carbons (Fsp3) is 0.529. The molecule has 3 rings (SSSR count). The summed E-state index contributed by atoms with van der Waals surface area (Å²) in [5.74, 6) is 0.451. The average Bonchev–Trinajstić information content (AvgIpc) is 2.84. The van der Waals surface area contributed by atoms with Crippen molar-refractivity contribution in [3.63, 3.8) is 0 Å². The molecule has 0 radical (unpaired) electrons. The second-order valence-corrected chi connectivity index (χ2v) is 10.8. The maximum absolute atomic E-state index is 5.84. The molecule has 0 heterocycles. The number of rotatable bonds is 4. The average molecular weight is 324 g/mol. The van der Waals surface area contributed by atoms with Gasteiger partial charge in [0.2, 0.25) is 0 Å². The molecular formula is C17H24O3Ti. The van der Waals surface area contributed by atoms with Crippen LogP contribution in [0.3, 0.4) is 0 Å². The van der Waals surface area contributed by atoms with Crippen molar-refractivity contribution < 1.29 is 27.7 Å². The quantitative estimate of drug-likeness (QED) is 0.770. The Bertz CT molecular complexity index is 555. The predicted octanol–water partition coefficient (Wildman–Crippen LogP) is 4.37. The Hall–Kier alpha value is -0.446. The summed E-state index contributed by atoms with van der Waals surface area (Å²) in [7, 11) is 5.23. The summed E-state index contributed by atoms with van der Waals surface area (Å²) < 4.78 is 17.8. The van der Waals surface area contributed by atoms with Gasteiger partial charge in [0.1, 0.15) is 0 Å². The van der Waals surface area contributed by atoms with Gasteiger partial charge in [-0.1, -0.05) is 0 Å². The third kappa shape index (κ3) is 2.27. The summed E-state index contributed by atoms with van der Waals surface area (Å²) in [6.07, 6.45) is 3.48. The van der Waals surface area contributed by atoms with E-state index in [0.29, 0.717) is 10.1 Å². The second kappa shape index (κ2) is 5.98. The van der Waals surface area contributed by atoms with Gasteiger partial charge in [0.05, 0.1) is 0 Å². The summed E-state index contributed by atoms with van der Waals surface area (Å²) >= 11 is -3.22. The molecule has 2 aliphatic rings. The minimum absolute atomic E-state index is 0.330. The van der Waals surface area contributed by atoms with Gasteiger partial charge in [0.15, 0.2) is 0 Å². The molecule has 4 heteroatoms. The van der Waals surface area contributed by atoms with Crippen molar-refractivity contribution in [1.29, 1.82) is 0 Å². The van der Waals surface area contributed by atoms with Gasteiger partial charge in [-0.15, -0.1) is 0 Å². The van der Waals surface area contributed by atoms with Crippen LogP contribution in [0.15, 0.2) is 29.8 Å². The number of fused-ring (bicyclic) bond motifs is 2. The van der Waals surface area contributed by atoms with Crippen molar-refractivity contribution in [2.24, 2.45) is 0 Å². The van der Waals surface area contributed by atoms with E-state index in [1.165, 1.54) is 35.1 Å². The number of allylic oxidation sites excluding steroid dienone is 2. The Morgan fingerprint density at radius 1 is 1.05 bits per heavy atom. The minimum atomic E-state index is -3.22. The van der Waals surface area contributed by atoms with Gasteiger partial charge >= 0.3 is 132 Å². The summed E-state index contributed by atoms with van der Waals surface area (Å²) in [5, 5.41) is 0. The predicted molar refractivity (Wildman–Crippen MR) is 80.4 cm³/mol. The first-order valence-corrected chi connectivity index (χ1v) is 10.5. The third-order valence-electron chi connectivity index (χ3n) is 5.14. The van der Waals surface area contributed by atoms with Crippen molar-refractivity contribution in [1.82, 2.24) is 0 Å². The summed E-state index contributed by atoms with van der Waals surface area (Å²) in [4.78, 5) is 0. The Labute approximate surface area is 132 Å². The van der Waals surface area contributed by atoms with Crippen LogP contribution in [0.2, 0.25) is 4.22 Å². The van der Waals surface area contributed by atoms with E-state index >= 15 is 0 Å². The first-order valence-electron chi connectivity index (χ1n) is 7.66. The topological polar surface area (TPSA) is 27.7 Å². The van der Waals surface area contributed by atoms with E-state index in [1.54, 1.807) is 21.3 Å². The van der Waals surface area contributed by atoms with Crippen molar-refractivity contribution in [2.45, 2.75) is 36.3 Å². The monoisotopic (exact) mass is 324 g/mol. The first-order chi connectivity index (χ1) is 10.2. The Morgan fingerprint density at radius 2 is 1.71 bits per heavy atom. The van der Waals surface area contributed by atoms with E-state index in [2.05, 4.69) is 31.2 Å². The van der Waals surface area contributed by atoms with Crippen LogP contribution in [0.1, 0.15) is 43.2 Å². The first kappa shape index (κ1) is 15.4. The van der Waals surface area contributed by atoms with Gasteiger partial charge in [-0.2, -0.15) is 0 Å². The van der Waals surface area contributed by atoms with E-state index in [0.717, 1.165) is 6.42 Å². The molecule has 3 nitrogen and oxygen atoms in total. The van der Waals surface area contributed by atoms with Gasteiger partial charge in [-0.05, 0) is 0 Å². The summed E-state index contributed by atoms with van der Waals surface area (Å²) in [6, 6.07) is 8.80. The molecule has 2 atom stereocenters. The molecule has 0 fully saturated rings. The van der Waals surface area contributed by atoms with Crippen LogP contribution in [0.5, 0.6) is 0 Å². The van der Waals surface area contributed by atoms with Crippen molar-refractivity contribution >= 4 is 5.57 Å². The molecular weight excluding hydrogens is 300 g/mol. The van der Waals surface area contributed by atoms with Gasteiger partial charge in [0, 0.05) is 0 Å². The van der Waals surface area contributed by atoms with E-state index in [4.69, 9.17) is 9.96 Å². The van der Waals surface area contributed by atoms with Gasteiger partial charge in [-0.25, -0.2) is 0 Å². The zero-order chi connectivity index (χ0) is 15.0. The molecule has 0 saturated carbocycles. The van der Waals surface area contributed by atoms with Gasteiger partial charge in [-0.3, -0.25) is 0 Å². The number of hydrogen-bond donors (Lipinski definition) is 0. The number of benzene rings is 1. The van der Waals surface area contributed by atoms with Crippen LogP contribution in [0.25, 0.3) is 5.57 Å². The number of hydrogen-bond acceptors (Lipinski definition) is 3. The SMILES string of the molecule is C[O][Ti]([O]C)([O]C)[CH]1CCCC2=C1C(C)c1ccccc12. The molecule has 0 amide bonds. The van der Waals surface area contributed by atoms with E-state index in [1.807, 2.05) is 0 Å². The zero-order valence-electron chi connectivity index (χ0n) is 13.3. The fourth-order valence-corrected chi connectivity index (χ4v) is 8.45. The molecule has 0 N–H and O–H groups in total. The summed E-state index contributed by atoms with van der Waals surface area (Å²) in [5.41, 5.74) is 5.93. The zero-order valence-corrected chi connectivity index (χ0v) is 14.9. The van der Waals surface area contributed by atoms with Crippen LogP contribution in [0, 0.1) is 0 Å². The molecule has 2 unspecified atom stereocenters. The van der Waals surface area contributed by atoms with E-state index in [-0.39, 0.29) is 0 Å². The molecule has 1 aromatic rings. The van der Waals surface area contributed by atoms with Crippen LogP contribution in [-0.2, 0) is 27.7 Å². The van der Waals surface area contributed by atoms with E-state index < -0.39 is 17.8 Å². The third-order valence-corrected chi connectivity index (χ3v) is 10.1. The van der Waals surface area contributed by atoms with Crippen LogP contribution in [0.4, 0.5) is 0 Å². The molecule has 0 aromatic heterocycles. The molecule has 1 aromatic carbocycles. The maximum atomic E-state index is 5.84. The van der Waals surface area contributed by atoms with Crippen LogP contribution < -0.4 is 0 Å². The molecule has 0 spiro atoms.